The van der Waals surface area contributed by atoms with E-state index < -0.39 is 18.0 Å². The summed E-state index contributed by atoms with van der Waals surface area (Å²) < 4.78 is 10.2. The molecule has 3 aromatic carbocycles. The van der Waals surface area contributed by atoms with E-state index in [9.17, 15) is 19.8 Å². The molecule has 0 unspecified atom stereocenters. The Morgan fingerprint density at radius 2 is 1.76 bits per heavy atom. The summed E-state index contributed by atoms with van der Waals surface area (Å²) in [7, 11) is 1.47. The Bertz CT molecular complexity index is 1100. The van der Waals surface area contributed by atoms with Gasteiger partial charge in [-0.05, 0) is 31.2 Å². The van der Waals surface area contributed by atoms with Crippen LogP contribution >= 0.6 is 11.6 Å². The lowest BCUT2D eigenvalue weighted by molar-refractivity contribution is -0.123. The monoisotopic (exact) mass is 415 g/mol. The average Bonchev–Trinajstić information content (AvgIpc) is 2.70. The van der Waals surface area contributed by atoms with Gasteiger partial charge in [0.15, 0.2) is 6.10 Å². The van der Waals surface area contributed by atoms with Crippen molar-refractivity contribution in [3.63, 3.8) is 0 Å². The Labute approximate surface area is 171 Å². The smallest absolute Gasteiger partial charge is 0.342 e. The summed E-state index contributed by atoms with van der Waals surface area (Å²) in [5, 5.41) is 24.1. The quantitative estimate of drug-likeness (QED) is 0.428. The van der Waals surface area contributed by atoms with E-state index >= 15 is 0 Å². The minimum absolute atomic E-state index is 0.185. The van der Waals surface area contributed by atoms with Crippen molar-refractivity contribution in [3.05, 3.63) is 59.1 Å². The molecule has 8 heteroatoms. The molecular weight excluding hydrogens is 398 g/mol. The second kappa shape index (κ2) is 8.28. The molecule has 0 spiro atoms. The van der Waals surface area contributed by atoms with E-state index in [2.05, 4.69) is 5.32 Å². The lowest BCUT2D eigenvalue weighted by Crippen LogP contribution is -2.30. The molecule has 0 aliphatic heterocycles. The summed E-state index contributed by atoms with van der Waals surface area (Å²) >= 11 is 6.02. The van der Waals surface area contributed by atoms with Gasteiger partial charge in [-0.1, -0.05) is 35.9 Å². The number of phenolic OH excluding ortho intramolecular Hbond substituents is 2. The van der Waals surface area contributed by atoms with Gasteiger partial charge < -0.3 is 25.0 Å². The lowest BCUT2D eigenvalue weighted by atomic mass is 10.0. The number of nitrogens with one attached hydrogen (secondary N) is 1. The Balaban J connectivity index is 1.75. The van der Waals surface area contributed by atoms with Gasteiger partial charge in [0.05, 0.1) is 12.1 Å². The lowest BCUT2D eigenvalue weighted by Gasteiger charge is -2.15. The van der Waals surface area contributed by atoms with Crippen LogP contribution in [0.3, 0.4) is 0 Å². The van der Waals surface area contributed by atoms with Crippen LogP contribution in [0, 0.1) is 0 Å². The zero-order chi connectivity index (χ0) is 21.1. The molecule has 0 saturated heterocycles. The third-order valence-corrected chi connectivity index (χ3v) is 4.58. The van der Waals surface area contributed by atoms with Crippen LogP contribution in [-0.4, -0.2) is 35.3 Å². The number of carbonyl (C=O) groups is 2. The van der Waals surface area contributed by atoms with E-state index in [4.69, 9.17) is 21.1 Å². The van der Waals surface area contributed by atoms with E-state index in [-0.39, 0.29) is 17.1 Å². The largest absolute Gasteiger partial charge is 0.507 e. The predicted molar refractivity (Wildman–Crippen MR) is 109 cm³/mol. The van der Waals surface area contributed by atoms with Crippen molar-refractivity contribution in [1.82, 2.24) is 0 Å². The molecule has 1 amide bonds. The first kappa shape index (κ1) is 20.3. The van der Waals surface area contributed by atoms with Gasteiger partial charge >= 0.3 is 5.97 Å². The fourth-order valence-corrected chi connectivity index (χ4v) is 3.02. The van der Waals surface area contributed by atoms with Gasteiger partial charge in [-0.2, -0.15) is 0 Å². The zero-order valence-corrected chi connectivity index (χ0v) is 16.4. The number of methoxy groups -OCH3 is 1. The Kier molecular flexibility index (Phi) is 5.79. The number of esters is 1. The topological polar surface area (TPSA) is 105 Å². The number of fused-ring (bicyclic) bond motifs is 1. The summed E-state index contributed by atoms with van der Waals surface area (Å²) in [4.78, 5) is 24.8. The van der Waals surface area contributed by atoms with Crippen LogP contribution < -0.4 is 10.1 Å². The molecule has 3 N–H and O–H groups in total. The number of halogens is 1. The van der Waals surface area contributed by atoms with Crippen LogP contribution in [0.25, 0.3) is 10.8 Å². The normalized spacial score (nSPS) is 11.7. The number of aromatic hydroxyl groups is 2. The van der Waals surface area contributed by atoms with Gasteiger partial charge in [-0.25, -0.2) is 4.79 Å². The van der Waals surface area contributed by atoms with Gasteiger partial charge in [-0.3, -0.25) is 4.79 Å². The fourth-order valence-electron chi connectivity index (χ4n) is 2.76. The van der Waals surface area contributed by atoms with E-state index in [0.29, 0.717) is 27.2 Å². The molecule has 150 valence electrons. The molecule has 29 heavy (non-hydrogen) atoms. The molecule has 0 bridgehead atoms. The van der Waals surface area contributed by atoms with Crippen LogP contribution in [0.1, 0.15) is 17.3 Å². The maximum atomic E-state index is 12.5. The summed E-state index contributed by atoms with van der Waals surface area (Å²) in [6.07, 6.45) is -1.17. The molecule has 7 nitrogen and oxygen atoms in total. The molecule has 3 rings (SSSR count). The highest BCUT2D eigenvalue weighted by Gasteiger charge is 2.23. The molecular formula is C21H18ClNO6. The maximum absolute atomic E-state index is 12.5. The number of hydrogen-bond donors (Lipinski definition) is 3. The molecule has 3 aromatic rings. The summed E-state index contributed by atoms with van der Waals surface area (Å²) in [5.41, 5.74) is 0.156. The number of amides is 1. The van der Waals surface area contributed by atoms with Crippen molar-refractivity contribution in [2.24, 2.45) is 0 Å². The first-order valence-corrected chi connectivity index (χ1v) is 8.98. The van der Waals surface area contributed by atoms with Crippen molar-refractivity contribution in [2.45, 2.75) is 13.0 Å². The number of hydrogen-bond acceptors (Lipinski definition) is 6. The van der Waals surface area contributed by atoms with Gasteiger partial charge in [0.25, 0.3) is 5.91 Å². The standard InChI is InChI=1S/C21H18ClNO6/c1-11(20(26)23-12-7-8-18(28-2)16(22)9-12)29-21(27)15-10-17(24)13-5-3-4-6-14(13)19(15)25/h3-11,24-25H,1-2H3,(H,23,26)/t11-/m1/s1. The van der Waals surface area contributed by atoms with Gasteiger partial charge in [0.1, 0.15) is 22.8 Å². The van der Waals surface area contributed by atoms with Crippen molar-refractivity contribution in [2.75, 3.05) is 12.4 Å². The number of benzene rings is 3. The number of ether oxygens (including phenoxy) is 2. The summed E-state index contributed by atoms with van der Waals surface area (Å²) in [5.74, 6) is -1.60. The first-order valence-electron chi connectivity index (χ1n) is 8.61. The number of phenols is 2. The Morgan fingerprint density at radius 1 is 1.07 bits per heavy atom. The molecule has 1 atom stereocenters. The van der Waals surface area contributed by atoms with Crippen molar-refractivity contribution in [3.8, 4) is 17.2 Å². The predicted octanol–water partition coefficient (Wildman–Crippen LogP) is 4.10. The minimum Gasteiger partial charge on any atom is -0.507 e. The fraction of sp³-hybridized carbons (Fsp3) is 0.143. The molecule has 0 aliphatic rings. The molecule has 0 heterocycles. The number of anilines is 1. The molecule has 0 aliphatic carbocycles. The van der Waals surface area contributed by atoms with Crippen LogP contribution in [0.4, 0.5) is 5.69 Å². The highest BCUT2D eigenvalue weighted by atomic mass is 35.5. The second-order valence-electron chi connectivity index (χ2n) is 6.22. The highest BCUT2D eigenvalue weighted by molar-refractivity contribution is 6.32. The van der Waals surface area contributed by atoms with Crippen molar-refractivity contribution in [1.29, 1.82) is 0 Å². The Morgan fingerprint density at radius 3 is 2.41 bits per heavy atom. The second-order valence-corrected chi connectivity index (χ2v) is 6.63. The SMILES string of the molecule is COc1ccc(NC(=O)[C@@H](C)OC(=O)c2cc(O)c3ccccc3c2O)cc1Cl. The maximum Gasteiger partial charge on any atom is 0.342 e. The average molecular weight is 416 g/mol. The van der Waals surface area contributed by atoms with E-state index in [1.54, 1.807) is 36.4 Å². The van der Waals surface area contributed by atoms with Crippen molar-refractivity contribution >= 4 is 39.9 Å². The van der Waals surface area contributed by atoms with E-state index in [1.807, 2.05) is 0 Å². The van der Waals surface area contributed by atoms with E-state index in [1.165, 1.54) is 20.1 Å². The molecule has 0 radical (unpaired) electrons. The van der Waals surface area contributed by atoms with E-state index in [0.717, 1.165) is 6.07 Å². The number of carbonyl (C=O) groups excluding carboxylic acids is 2. The Hall–Kier alpha value is -3.45. The van der Waals surface area contributed by atoms with Gasteiger partial charge in [0.2, 0.25) is 0 Å². The summed E-state index contributed by atoms with van der Waals surface area (Å²) in [6.45, 7) is 1.39. The molecule has 0 fully saturated rings. The van der Waals surface area contributed by atoms with Crippen LogP contribution in [0.2, 0.25) is 5.02 Å². The molecule has 0 aromatic heterocycles. The highest BCUT2D eigenvalue weighted by Crippen LogP contribution is 2.35. The minimum atomic E-state index is -1.17. The zero-order valence-electron chi connectivity index (χ0n) is 15.6. The van der Waals surface area contributed by atoms with Crippen molar-refractivity contribution < 1.29 is 29.3 Å². The third-order valence-electron chi connectivity index (χ3n) is 4.29. The third kappa shape index (κ3) is 4.20. The summed E-state index contributed by atoms with van der Waals surface area (Å²) in [6, 6.07) is 12.3. The van der Waals surface area contributed by atoms with Crippen LogP contribution in [-0.2, 0) is 9.53 Å². The molecule has 0 saturated carbocycles. The number of rotatable bonds is 5. The van der Waals surface area contributed by atoms with Crippen LogP contribution in [0.15, 0.2) is 48.5 Å². The first-order chi connectivity index (χ1) is 13.8. The van der Waals surface area contributed by atoms with Crippen LogP contribution in [0.5, 0.6) is 17.2 Å². The van der Waals surface area contributed by atoms with Gasteiger partial charge in [-0.15, -0.1) is 0 Å². The van der Waals surface area contributed by atoms with Gasteiger partial charge in [0, 0.05) is 16.5 Å².